The number of hydrogen-bond acceptors (Lipinski definition) is 1. The van der Waals surface area contributed by atoms with Gasteiger partial charge in [-0.1, -0.05) is 37.3 Å². The fourth-order valence-electron chi connectivity index (χ4n) is 2.37. The van der Waals surface area contributed by atoms with Crippen LogP contribution in [-0.4, -0.2) is 17.8 Å². The number of carbonyl (C=O) groups is 1. The van der Waals surface area contributed by atoms with Gasteiger partial charge >= 0.3 is 0 Å². The predicted molar refractivity (Wildman–Crippen MR) is 74.8 cm³/mol. The van der Waals surface area contributed by atoms with E-state index in [4.69, 9.17) is 11.6 Å². The standard InChI is InChI=1S/C15H20ClNO/c1-2-12(8-9-16)17-15(18)14-10-13(14)11-6-4-3-5-7-11/h3-7,12-14H,2,8-10H2,1H3,(H,17,18). The molecule has 0 aliphatic heterocycles. The molecule has 0 bridgehead atoms. The Bertz CT molecular complexity index is 393. The van der Waals surface area contributed by atoms with Crippen molar-refractivity contribution in [3.63, 3.8) is 0 Å². The summed E-state index contributed by atoms with van der Waals surface area (Å²) >= 11 is 5.73. The number of hydrogen-bond donors (Lipinski definition) is 1. The van der Waals surface area contributed by atoms with Gasteiger partial charge in [0.1, 0.15) is 0 Å². The predicted octanol–water partition coefficient (Wildman–Crippen LogP) is 3.31. The minimum atomic E-state index is 0.164. The fraction of sp³-hybridized carbons (Fsp3) is 0.533. The third kappa shape index (κ3) is 3.26. The van der Waals surface area contributed by atoms with Crippen molar-refractivity contribution in [3.05, 3.63) is 35.9 Å². The molecule has 0 aromatic heterocycles. The number of halogens is 1. The van der Waals surface area contributed by atoms with Crippen LogP contribution in [0.25, 0.3) is 0 Å². The van der Waals surface area contributed by atoms with Gasteiger partial charge in [-0.3, -0.25) is 4.79 Å². The Kier molecular flexibility index (Phi) is 4.65. The lowest BCUT2D eigenvalue weighted by Gasteiger charge is -2.15. The lowest BCUT2D eigenvalue weighted by molar-refractivity contribution is -0.123. The second kappa shape index (κ2) is 6.24. The molecule has 98 valence electrons. The van der Waals surface area contributed by atoms with Crippen molar-refractivity contribution in [1.82, 2.24) is 5.32 Å². The zero-order valence-electron chi connectivity index (χ0n) is 10.7. The van der Waals surface area contributed by atoms with Crippen molar-refractivity contribution in [3.8, 4) is 0 Å². The van der Waals surface area contributed by atoms with Crippen LogP contribution in [0.1, 0.15) is 37.7 Å². The Labute approximate surface area is 114 Å². The number of alkyl halides is 1. The van der Waals surface area contributed by atoms with E-state index in [1.165, 1.54) is 5.56 Å². The van der Waals surface area contributed by atoms with Gasteiger partial charge in [0, 0.05) is 17.8 Å². The molecule has 0 saturated heterocycles. The van der Waals surface area contributed by atoms with E-state index in [1.54, 1.807) is 0 Å². The molecule has 1 amide bonds. The van der Waals surface area contributed by atoms with Gasteiger partial charge < -0.3 is 5.32 Å². The first-order chi connectivity index (χ1) is 8.76. The molecule has 2 rings (SSSR count). The van der Waals surface area contributed by atoms with Gasteiger partial charge in [0.2, 0.25) is 5.91 Å². The molecule has 2 nitrogen and oxygen atoms in total. The van der Waals surface area contributed by atoms with Crippen molar-refractivity contribution in [2.75, 3.05) is 5.88 Å². The summed E-state index contributed by atoms with van der Waals surface area (Å²) in [6, 6.07) is 10.5. The third-order valence-electron chi connectivity index (χ3n) is 3.65. The van der Waals surface area contributed by atoms with Crippen LogP contribution in [0.2, 0.25) is 0 Å². The van der Waals surface area contributed by atoms with Crippen LogP contribution in [0.15, 0.2) is 30.3 Å². The lowest BCUT2D eigenvalue weighted by Crippen LogP contribution is -2.36. The van der Waals surface area contributed by atoms with Crippen molar-refractivity contribution in [2.45, 2.75) is 38.1 Å². The van der Waals surface area contributed by atoms with Crippen LogP contribution < -0.4 is 5.32 Å². The molecule has 3 atom stereocenters. The molecule has 0 heterocycles. The van der Waals surface area contributed by atoms with Gasteiger partial charge in [0.15, 0.2) is 0 Å². The number of amides is 1. The molecular formula is C15H20ClNO. The number of rotatable bonds is 6. The van der Waals surface area contributed by atoms with E-state index in [-0.39, 0.29) is 17.9 Å². The Morgan fingerprint density at radius 2 is 2.17 bits per heavy atom. The first-order valence-corrected chi connectivity index (χ1v) is 7.21. The van der Waals surface area contributed by atoms with Crippen LogP contribution in [0.5, 0.6) is 0 Å². The highest BCUT2D eigenvalue weighted by atomic mass is 35.5. The van der Waals surface area contributed by atoms with Crippen LogP contribution in [-0.2, 0) is 4.79 Å². The van der Waals surface area contributed by atoms with Crippen molar-refractivity contribution < 1.29 is 4.79 Å². The molecule has 18 heavy (non-hydrogen) atoms. The normalized spacial score (nSPS) is 23.4. The molecule has 1 aliphatic carbocycles. The molecule has 0 radical (unpaired) electrons. The Morgan fingerprint density at radius 3 is 2.78 bits per heavy atom. The molecule has 3 unspecified atom stereocenters. The van der Waals surface area contributed by atoms with Gasteiger partial charge in [-0.15, -0.1) is 11.6 Å². The van der Waals surface area contributed by atoms with E-state index < -0.39 is 0 Å². The molecule has 1 saturated carbocycles. The van der Waals surface area contributed by atoms with Crippen LogP contribution in [0, 0.1) is 5.92 Å². The maximum absolute atomic E-state index is 12.1. The van der Waals surface area contributed by atoms with Gasteiger partial charge in [0.25, 0.3) is 0 Å². The highest BCUT2D eigenvalue weighted by molar-refractivity contribution is 6.17. The summed E-state index contributed by atoms with van der Waals surface area (Å²) in [6.45, 7) is 2.08. The summed E-state index contributed by atoms with van der Waals surface area (Å²) in [7, 11) is 0. The summed E-state index contributed by atoms with van der Waals surface area (Å²) in [6.07, 6.45) is 2.78. The summed E-state index contributed by atoms with van der Waals surface area (Å²) in [4.78, 5) is 12.1. The first kappa shape index (κ1) is 13.4. The Balaban J connectivity index is 1.86. The third-order valence-corrected chi connectivity index (χ3v) is 3.87. The van der Waals surface area contributed by atoms with Crippen molar-refractivity contribution in [1.29, 1.82) is 0 Å². The summed E-state index contributed by atoms with van der Waals surface area (Å²) in [5.74, 6) is 1.38. The highest BCUT2D eigenvalue weighted by Crippen LogP contribution is 2.47. The molecule has 0 spiro atoms. The summed E-state index contributed by atoms with van der Waals surface area (Å²) in [5, 5.41) is 3.11. The average Bonchev–Trinajstić information content (AvgIpc) is 3.19. The lowest BCUT2D eigenvalue weighted by atomic mass is 10.1. The number of nitrogens with one attached hydrogen (secondary N) is 1. The first-order valence-electron chi connectivity index (χ1n) is 6.67. The fourth-order valence-corrected chi connectivity index (χ4v) is 2.64. The maximum atomic E-state index is 12.1. The molecular weight excluding hydrogens is 246 g/mol. The van der Waals surface area contributed by atoms with E-state index in [2.05, 4.69) is 24.4 Å². The SMILES string of the molecule is CCC(CCCl)NC(=O)C1CC1c1ccccc1. The second-order valence-corrected chi connectivity index (χ2v) is 5.33. The molecule has 1 N–H and O–H groups in total. The monoisotopic (exact) mass is 265 g/mol. The van der Waals surface area contributed by atoms with Gasteiger partial charge in [-0.25, -0.2) is 0 Å². The zero-order chi connectivity index (χ0) is 13.0. The topological polar surface area (TPSA) is 29.1 Å². The molecule has 1 aromatic rings. The molecule has 1 fully saturated rings. The summed E-state index contributed by atoms with van der Waals surface area (Å²) in [5.41, 5.74) is 1.28. The maximum Gasteiger partial charge on any atom is 0.223 e. The van der Waals surface area contributed by atoms with E-state index >= 15 is 0 Å². The van der Waals surface area contributed by atoms with Crippen molar-refractivity contribution in [2.24, 2.45) is 5.92 Å². The van der Waals surface area contributed by atoms with Gasteiger partial charge in [-0.05, 0) is 30.7 Å². The van der Waals surface area contributed by atoms with E-state index in [0.717, 1.165) is 19.3 Å². The van der Waals surface area contributed by atoms with Gasteiger partial charge in [0.05, 0.1) is 0 Å². The van der Waals surface area contributed by atoms with E-state index in [1.807, 2.05) is 18.2 Å². The van der Waals surface area contributed by atoms with E-state index in [9.17, 15) is 4.79 Å². The Morgan fingerprint density at radius 1 is 1.44 bits per heavy atom. The molecule has 1 aliphatic rings. The number of carbonyl (C=O) groups excluding carboxylic acids is 1. The largest absolute Gasteiger partial charge is 0.353 e. The smallest absolute Gasteiger partial charge is 0.223 e. The van der Waals surface area contributed by atoms with Crippen molar-refractivity contribution >= 4 is 17.5 Å². The second-order valence-electron chi connectivity index (χ2n) is 4.95. The summed E-state index contributed by atoms with van der Waals surface area (Å²) < 4.78 is 0. The average molecular weight is 266 g/mol. The highest BCUT2D eigenvalue weighted by Gasteiger charge is 2.44. The molecule has 1 aromatic carbocycles. The zero-order valence-corrected chi connectivity index (χ0v) is 11.5. The molecule has 3 heteroatoms. The van der Waals surface area contributed by atoms with E-state index in [0.29, 0.717) is 11.8 Å². The van der Waals surface area contributed by atoms with Crippen LogP contribution >= 0.6 is 11.6 Å². The van der Waals surface area contributed by atoms with Crippen LogP contribution in [0.4, 0.5) is 0 Å². The van der Waals surface area contributed by atoms with Crippen LogP contribution in [0.3, 0.4) is 0 Å². The Hall–Kier alpha value is -1.02. The quantitative estimate of drug-likeness (QED) is 0.786. The minimum absolute atomic E-state index is 0.164. The van der Waals surface area contributed by atoms with Gasteiger partial charge in [-0.2, -0.15) is 0 Å². The number of benzene rings is 1. The minimum Gasteiger partial charge on any atom is -0.353 e.